The Kier molecular flexibility index (Phi) is 11.8. The molecule has 3 rings (SSSR count). The molecule has 0 saturated heterocycles. The van der Waals surface area contributed by atoms with Gasteiger partial charge in [0.25, 0.3) is 0 Å². The van der Waals surface area contributed by atoms with Gasteiger partial charge in [-0.15, -0.1) is 0 Å². The number of nitrogens with one attached hydrogen (secondary N) is 1. The first kappa shape index (κ1) is 28.5. The van der Waals surface area contributed by atoms with E-state index >= 15 is 0 Å². The lowest BCUT2D eigenvalue weighted by Gasteiger charge is -2.32. The van der Waals surface area contributed by atoms with Gasteiger partial charge in [0.05, 0.1) is 6.61 Å². The van der Waals surface area contributed by atoms with Crippen LogP contribution in [0.25, 0.3) is 0 Å². The summed E-state index contributed by atoms with van der Waals surface area (Å²) in [5.74, 6) is 0.461. The number of carbonyl (C=O) groups excluding carboxylic acids is 2. The van der Waals surface area contributed by atoms with Crippen molar-refractivity contribution in [3.8, 4) is 5.75 Å². The third kappa shape index (κ3) is 9.42. The third-order valence-corrected chi connectivity index (χ3v) is 6.59. The first-order valence-corrected chi connectivity index (χ1v) is 13.5. The summed E-state index contributed by atoms with van der Waals surface area (Å²) in [7, 11) is 0. The van der Waals surface area contributed by atoms with E-state index < -0.39 is 6.04 Å². The number of unbranched alkanes of at least 4 members (excludes halogenated alkanes) is 1. The van der Waals surface area contributed by atoms with E-state index in [9.17, 15) is 9.59 Å². The molecule has 0 bridgehead atoms. The van der Waals surface area contributed by atoms with Gasteiger partial charge < -0.3 is 15.0 Å². The molecule has 5 nitrogen and oxygen atoms in total. The highest BCUT2D eigenvalue weighted by Gasteiger charge is 2.30. The van der Waals surface area contributed by atoms with Crippen molar-refractivity contribution in [2.75, 3.05) is 13.2 Å². The van der Waals surface area contributed by atoms with E-state index in [-0.39, 0.29) is 24.8 Å². The number of nitrogens with zero attached hydrogens (tertiary/aromatic N) is 1. The van der Waals surface area contributed by atoms with Crippen molar-refractivity contribution >= 4 is 35.0 Å². The topological polar surface area (TPSA) is 58.6 Å². The minimum absolute atomic E-state index is 0.130. The van der Waals surface area contributed by atoms with Crippen LogP contribution in [0, 0.1) is 0 Å². The van der Waals surface area contributed by atoms with Crippen LogP contribution in [0.3, 0.4) is 0 Å². The molecule has 7 heteroatoms. The summed E-state index contributed by atoms with van der Waals surface area (Å²) in [6.07, 6.45) is 3.00. The highest BCUT2D eigenvalue weighted by molar-refractivity contribution is 6.35. The molecule has 0 aromatic heterocycles. The van der Waals surface area contributed by atoms with Crippen LogP contribution in [0.2, 0.25) is 10.0 Å². The maximum Gasteiger partial charge on any atom is 0.243 e. The van der Waals surface area contributed by atoms with Crippen molar-refractivity contribution in [1.29, 1.82) is 0 Å². The van der Waals surface area contributed by atoms with E-state index in [0.29, 0.717) is 36.0 Å². The van der Waals surface area contributed by atoms with Crippen molar-refractivity contribution in [3.05, 3.63) is 100 Å². The maximum atomic E-state index is 13.6. The Morgan fingerprint density at radius 1 is 0.946 bits per heavy atom. The Hall–Kier alpha value is -3.02. The molecule has 2 amide bonds. The standard InChI is InChI=1S/C30H34Cl2N2O3/c1-2-3-18-33-30(36)28(20-23-11-6-4-7-12-23)34(22-24-16-17-25(31)21-27(24)32)29(35)15-10-19-37-26-13-8-5-9-14-26/h4-9,11-14,16-17,21,28H,2-3,10,15,18-20,22H2,1H3,(H,33,36)/t28-/m0/s1. The second-order valence-corrected chi connectivity index (χ2v) is 9.72. The average Bonchev–Trinajstić information content (AvgIpc) is 2.91. The molecule has 0 unspecified atom stereocenters. The first-order valence-electron chi connectivity index (χ1n) is 12.7. The Labute approximate surface area is 229 Å². The van der Waals surface area contributed by atoms with Gasteiger partial charge in [-0.3, -0.25) is 9.59 Å². The van der Waals surface area contributed by atoms with Gasteiger partial charge >= 0.3 is 0 Å². The van der Waals surface area contributed by atoms with Gasteiger partial charge in [-0.1, -0.05) is 91.1 Å². The molecule has 0 aliphatic heterocycles. The molecule has 3 aromatic rings. The summed E-state index contributed by atoms with van der Waals surface area (Å²) in [6, 6.07) is 23.8. The molecule has 1 N–H and O–H groups in total. The van der Waals surface area contributed by atoms with Crippen LogP contribution in [0.5, 0.6) is 5.75 Å². The number of amides is 2. The summed E-state index contributed by atoms with van der Waals surface area (Å²) >= 11 is 12.6. The monoisotopic (exact) mass is 540 g/mol. The van der Waals surface area contributed by atoms with Crippen molar-refractivity contribution in [2.24, 2.45) is 0 Å². The Morgan fingerprint density at radius 2 is 1.65 bits per heavy atom. The van der Waals surface area contributed by atoms with Gasteiger partial charge in [0.15, 0.2) is 0 Å². The largest absolute Gasteiger partial charge is 0.494 e. The third-order valence-electron chi connectivity index (χ3n) is 6.00. The number of halogens is 2. The molecular formula is C30H34Cl2N2O3. The molecule has 0 radical (unpaired) electrons. The minimum atomic E-state index is -0.687. The molecule has 0 heterocycles. The van der Waals surface area contributed by atoms with Gasteiger partial charge in [0.2, 0.25) is 11.8 Å². The van der Waals surface area contributed by atoms with Crippen LogP contribution >= 0.6 is 23.2 Å². The highest BCUT2D eigenvalue weighted by atomic mass is 35.5. The molecule has 3 aromatic carbocycles. The molecule has 0 fully saturated rings. The molecule has 1 atom stereocenters. The van der Waals surface area contributed by atoms with Crippen molar-refractivity contribution in [3.63, 3.8) is 0 Å². The molecule has 196 valence electrons. The summed E-state index contributed by atoms with van der Waals surface area (Å²) in [5.41, 5.74) is 1.71. The predicted molar refractivity (Wildman–Crippen MR) is 150 cm³/mol. The zero-order valence-corrected chi connectivity index (χ0v) is 22.7. The minimum Gasteiger partial charge on any atom is -0.494 e. The number of hydrogen-bond acceptors (Lipinski definition) is 3. The molecule has 0 spiro atoms. The fourth-order valence-electron chi connectivity index (χ4n) is 3.97. The van der Waals surface area contributed by atoms with Crippen LogP contribution in [0.1, 0.15) is 43.7 Å². The van der Waals surface area contributed by atoms with Crippen molar-refractivity contribution in [2.45, 2.75) is 51.6 Å². The average molecular weight is 542 g/mol. The lowest BCUT2D eigenvalue weighted by Crippen LogP contribution is -2.50. The molecule has 37 heavy (non-hydrogen) atoms. The van der Waals surface area contributed by atoms with E-state index in [1.54, 1.807) is 23.1 Å². The van der Waals surface area contributed by atoms with Crippen LogP contribution in [0.15, 0.2) is 78.9 Å². The van der Waals surface area contributed by atoms with E-state index in [2.05, 4.69) is 12.2 Å². The number of benzene rings is 3. The van der Waals surface area contributed by atoms with Crippen LogP contribution in [-0.2, 0) is 22.6 Å². The second kappa shape index (κ2) is 15.3. The maximum absolute atomic E-state index is 13.6. The highest BCUT2D eigenvalue weighted by Crippen LogP contribution is 2.24. The number of hydrogen-bond donors (Lipinski definition) is 1. The van der Waals surface area contributed by atoms with Crippen LogP contribution in [0.4, 0.5) is 0 Å². The van der Waals surface area contributed by atoms with Gasteiger partial charge in [-0.05, 0) is 48.2 Å². The molecule has 0 saturated carbocycles. The van der Waals surface area contributed by atoms with Gasteiger partial charge in [0, 0.05) is 36.0 Å². The molecule has 0 aliphatic carbocycles. The summed E-state index contributed by atoms with van der Waals surface area (Å²) in [4.78, 5) is 28.7. The SMILES string of the molecule is CCCCNC(=O)[C@H](Cc1ccccc1)N(Cc1ccc(Cl)cc1Cl)C(=O)CCCOc1ccccc1. The number of carbonyl (C=O) groups is 2. The Bertz CT molecular complexity index is 1130. The van der Waals surface area contributed by atoms with Crippen molar-refractivity contribution in [1.82, 2.24) is 10.2 Å². The number of ether oxygens (including phenoxy) is 1. The predicted octanol–water partition coefficient (Wildman–Crippen LogP) is 6.71. The lowest BCUT2D eigenvalue weighted by atomic mass is 10.0. The van der Waals surface area contributed by atoms with E-state index in [1.165, 1.54) is 0 Å². The van der Waals surface area contributed by atoms with E-state index in [1.807, 2.05) is 60.7 Å². The number of para-hydroxylation sites is 1. The Balaban J connectivity index is 1.81. The summed E-state index contributed by atoms with van der Waals surface area (Å²) < 4.78 is 5.77. The smallest absolute Gasteiger partial charge is 0.243 e. The molecular weight excluding hydrogens is 507 g/mol. The zero-order valence-electron chi connectivity index (χ0n) is 21.2. The van der Waals surface area contributed by atoms with Crippen molar-refractivity contribution < 1.29 is 14.3 Å². The summed E-state index contributed by atoms with van der Waals surface area (Å²) in [5, 5.41) is 4.00. The molecule has 0 aliphatic rings. The summed E-state index contributed by atoms with van der Waals surface area (Å²) in [6.45, 7) is 3.24. The zero-order chi connectivity index (χ0) is 26.5. The van der Waals surface area contributed by atoms with Gasteiger partial charge in [-0.25, -0.2) is 0 Å². The first-order chi connectivity index (χ1) is 18.0. The quantitative estimate of drug-likeness (QED) is 0.231. The van der Waals surface area contributed by atoms with Crippen LogP contribution < -0.4 is 10.1 Å². The fraction of sp³-hybridized carbons (Fsp3) is 0.333. The number of rotatable bonds is 14. The van der Waals surface area contributed by atoms with E-state index in [4.69, 9.17) is 27.9 Å². The van der Waals surface area contributed by atoms with Gasteiger partial charge in [-0.2, -0.15) is 0 Å². The Morgan fingerprint density at radius 3 is 2.32 bits per heavy atom. The van der Waals surface area contributed by atoms with E-state index in [0.717, 1.165) is 29.7 Å². The normalized spacial score (nSPS) is 11.5. The van der Waals surface area contributed by atoms with Gasteiger partial charge in [0.1, 0.15) is 11.8 Å². The lowest BCUT2D eigenvalue weighted by molar-refractivity contribution is -0.141. The fourth-order valence-corrected chi connectivity index (χ4v) is 4.44. The van der Waals surface area contributed by atoms with Crippen LogP contribution in [-0.4, -0.2) is 35.9 Å². The second-order valence-electron chi connectivity index (χ2n) is 8.87.